The largest absolute Gasteiger partial charge is 0.235 e. The van der Waals surface area contributed by atoms with Crippen molar-refractivity contribution in [3.05, 3.63) is 63.6 Å². The van der Waals surface area contributed by atoms with E-state index >= 15 is 0 Å². The number of nitriles is 1. The standard InChI is InChI=1S/C19H15IN4/c20-16-8-6-13(7-9-16)17-12-22-19-15(10-21)11-23-24(19)18(17)14-4-2-1-3-5-14/h1-2,6-9,11-12,14H,3-5H2. The molecule has 2 heterocycles. The highest BCUT2D eigenvalue weighted by Crippen LogP contribution is 2.36. The molecule has 118 valence electrons. The summed E-state index contributed by atoms with van der Waals surface area (Å²) in [6.45, 7) is 0. The predicted molar refractivity (Wildman–Crippen MR) is 102 cm³/mol. The number of nitrogens with zero attached hydrogens (tertiary/aromatic N) is 4. The van der Waals surface area contributed by atoms with Crippen LogP contribution in [0.5, 0.6) is 0 Å². The molecule has 0 aliphatic heterocycles. The van der Waals surface area contributed by atoms with E-state index in [1.165, 1.54) is 3.57 Å². The van der Waals surface area contributed by atoms with Crippen LogP contribution in [-0.4, -0.2) is 14.6 Å². The van der Waals surface area contributed by atoms with Crippen molar-refractivity contribution in [1.82, 2.24) is 14.6 Å². The van der Waals surface area contributed by atoms with E-state index in [9.17, 15) is 5.26 Å². The molecule has 0 bridgehead atoms. The average molecular weight is 426 g/mol. The SMILES string of the molecule is N#Cc1cnn2c(C3CC=CCC3)c(-c3ccc(I)cc3)cnc12. The predicted octanol–water partition coefficient (Wildman–Crippen LogP) is 4.70. The van der Waals surface area contributed by atoms with Crippen LogP contribution in [0, 0.1) is 14.9 Å². The topological polar surface area (TPSA) is 54.0 Å². The number of hydrogen-bond donors (Lipinski definition) is 0. The van der Waals surface area contributed by atoms with Crippen molar-refractivity contribution in [3.8, 4) is 17.2 Å². The minimum atomic E-state index is 0.390. The maximum atomic E-state index is 9.29. The van der Waals surface area contributed by atoms with E-state index in [1.54, 1.807) is 6.20 Å². The zero-order valence-electron chi connectivity index (χ0n) is 13.0. The highest BCUT2D eigenvalue weighted by atomic mass is 127. The third-order valence-corrected chi connectivity index (χ3v) is 5.21. The lowest BCUT2D eigenvalue weighted by atomic mass is 9.87. The fourth-order valence-electron chi connectivity index (χ4n) is 3.31. The Morgan fingerprint density at radius 2 is 2.00 bits per heavy atom. The Bertz CT molecular complexity index is 963. The minimum absolute atomic E-state index is 0.390. The molecular formula is C19H15IN4. The van der Waals surface area contributed by atoms with Gasteiger partial charge in [0.1, 0.15) is 11.6 Å². The van der Waals surface area contributed by atoms with Gasteiger partial charge in [-0.2, -0.15) is 10.4 Å². The summed E-state index contributed by atoms with van der Waals surface area (Å²) < 4.78 is 3.08. The Labute approximate surface area is 154 Å². The minimum Gasteiger partial charge on any atom is -0.235 e. The average Bonchev–Trinajstić information content (AvgIpc) is 3.05. The summed E-state index contributed by atoms with van der Waals surface area (Å²) in [5, 5.41) is 13.8. The van der Waals surface area contributed by atoms with E-state index < -0.39 is 0 Å². The van der Waals surface area contributed by atoms with Crippen LogP contribution in [0.2, 0.25) is 0 Å². The van der Waals surface area contributed by atoms with Gasteiger partial charge in [-0.05, 0) is 59.5 Å². The number of fused-ring (bicyclic) bond motifs is 1. The fraction of sp³-hybridized carbons (Fsp3) is 0.211. The monoisotopic (exact) mass is 426 g/mol. The first kappa shape index (κ1) is 15.3. The molecule has 1 atom stereocenters. The molecule has 0 radical (unpaired) electrons. The number of allylic oxidation sites excluding steroid dienone is 2. The number of benzene rings is 1. The Balaban J connectivity index is 1.97. The molecule has 1 aromatic carbocycles. The third kappa shape index (κ3) is 2.61. The lowest BCUT2D eigenvalue weighted by Gasteiger charge is -2.22. The van der Waals surface area contributed by atoms with Crippen LogP contribution >= 0.6 is 22.6 Å². The van der Waals surface area contributed by atoms with Crippen molar-refractivity contribution in [2.24, 2.45) is 0 Å². The molecular weight excluding hydrogens is 411 g/mol. The second kappa shape index (κ2) is 6.36. The summed E-state index contributed by atoms with van der Waals surface area (Å²) in [6, 6.07) is 10.7. The van der Waals surface area contributed by atoms with Gasteiger partial charge < -0.3 is 0 Å². The van der Waals surface area contributed by atoms with Gasteiger partial charge in [0.05, 0.1) is 11.9 Å². The summed E-state index contributed by atoms with van der Waals surface area (Å²) >= 11 is 2.31. The third-order valence-electron chi connectivity index (χ3n) is 4.50. The lowest BCUT2D eigenvalue weighted by Crippen LogP contribution is -2.11. The molecule has 1 aliphatic rings. The van der Waals surface area contributed by atoms with E-state index in [2.05, 4.69) is 75.2 Å². The van der Waals surface area contributed by atoms with Crippen molar-refractivity contribution in [3.63, 3.8) is 0 Å². The molecule has 0 amide bonds. The highest BCUT2D eigenvalue weighted by Gasteiger charge is 2.22. The van der Waals surface area contributed by atoms with E-state index in [0.717, 1.165) is 36.1 Å². The molecule has 3 aromatic rings. The molecule has 4 rings (SSSR count). The molecule has 0 N–H and O–H groups in total. The number of rotatable bonds is 2. The Hall–Kier alpha value is -2.20. The molecule has 1 unspecified atom stereocenters. The molecule has 0 saturated carbocycles. The van der Waals surface area contributed by atoms with Crippen molar-refractivity contribution in [1.29, 1.82) is 5.26 Å². The number of hydrogen-bond acceptors (Lipinski definition) is 3. The molecule has 0 saturated heterocycles. The first-order chi connectivity index (χ1) is 11.8. The molecule has 24 heavy (non-hydrogen) atoms. The van der Waals surface area contributed by atoms with Gasteiger partial charge in [0.2, 0.25) is 0 Å². The van der Waals surface area contributed by atoms with E-state index in [-0.39, 0.29) is 0 Å². The van der Waals surface area contributed by atoms with Crippen LogP contribution in [0.3, 0.4) is 0 Å². The molecule has 5 heteroatoms. The summed E-state index contributed by atoms with van der Waals surface area (Å²) in [6.07, 6.45) is 11.2. The van der Waals surface area contributed by atoms with Gasteiger partial charge in [-0.15, -0.1) is 0 Å². The number of aromatic nitrogens is 3. The van der Waals surface area contributed by atoms with Gasteiger partial charge in [-0.25, -0.2) is 9.50 Å². The van der Waals surface area contributed by atoms with Crippen LogP contribution in [0.25, 0.3) is 16.8 Å². The second-order valence-corrected chi connectivity index (χ2v) is 7.20. The maximum Gasteiger partial charge on any atom is 0.173 e. The summed E-state index contributed by atoms with van der Waals surface area (Å²) in [5.41, 5.74) is 4.58. The van der Waals surface area contributed by atoms with E-state index in [0.29, 0.717) is 17.1 Å². The van der Waals surface area contributed by atoms with Crippen LogP contribution in [0.4, 0.5) is 0 Å². The van der Waals surface area contributed by atoms with Gasteiger partial charge in [0.25, 0.3) is 0 Å². The molecule has 4 nitrogen and oxygen atoms in total. The second-order valence-electron chi connectivity index (χ2n) is 5.95. The fourth-order valence-corrected chi connectivity index (χ4v) is 3.67. The summed E-state index contributed by atoms with van der Waals surface area (Å²) in [5.74, 6) is 0.390. The van der Waals surface area contributed by atoms with Gasteiger partial charge in [-0.1, -0.05) is 24.3 Å². The Morgan fingerprint density at radius 3 is 2.71 bits per heavy atom. The first-order valence-corrected chi connectivity index (χ1v) is 9.03. The zero-order chi connectivity index (χ0) is 16.5. The molecule has 0 spiro atoms. The van der Waals surface area contributed by atoms with Crippen LogP contribution < -0.4 is 0 Å². The number of halogens is 1. The Morgan fingerprint density at radius 1 is 1.17 bits per heavy atom. The van der Waals surface area contributed by atoms with Gasteiger partial charge >= 0.3 is 0 Å². The first-order valence-electron chi connectivity index (χ1n) is 7.95. The van der Waals surface area contributed by atoms with Gasteiger partial charge in [0.15, 0.2) is 5.65 Å². The molecule has 0 fully saturated rings. The van der Waals surface area contributed by atoms with Crippen molar-refractivity contribution >= 4 is 28.2 Å². The maximum absolute atomic E-state index is 9.29. The van der Waals surface area contributed by atoms with Crippen LogP contribution in [0.15, 0.2) is 48.8 Å². The highest BCUT2D eigenvalue weighted by molar-refractivity contribution is 14.1. The summed E-state index contributed by atoms with van der Waals surface area (Å²) in [4.78, 5) is 4.52. The zero-order valence-corrected chi connectivity index (χ0v) is 15.1. The molecule has 2 aromatic heterocycles. The normalized spacial score (nSPS) is 17.1. The smallest absolute Gasteiger partial charge is 0.173 e. The quantitative estimate of drug-likeness (QED) is 0.441. The molecule has 1 aliphatic carbocycles. The van der Waals surface area contributed by atoms with Crippen molar-refractivity contribution < 1.29 is 0 Å². The van der Waals surface area contributed by atoms with Crippen molar-refractivity contribution in [2.75, 3.05) is 0 Å². The van der Waals surface area contributed by atoms with Gasteiger partial charge in [-0.3, -0.25) is 0 Å². The van der Waals surface area contributed by atoms with Crippen molar-refractivity contribution in [2.45, 2.75) is 25.2 Å². The van der Waals surface area contributed by atoms with E-state index in [4.69, 9.17) is 0 Å². The van der Waals surface area contributed by atoms with Crippen LogP contribution in [0.1, 0.15) is 36.4 Å². The Kier molecular flexibility index (Phi) is 4.07. The van der Waals surface area contributed by atoms with Crippen LogP contribution in [-0.2, 0) is 0 Å². The lowest BCUT2D eigenvalue weighted by molar-refractivity contribution is 0.584. The van der Waals surface area contributed by atoms with Gasteiger partial charge in [0, 0.05) is 21.2 Å². The van der Waals surface area contributed by atoms with E-state index in [1.807, 2.05) is 10.7 Å². The summed E-state index contributed by atoms with van der Waals surface area (Å²) in [7, 11) is 0.